The lowest BCUT2D eigenvalue weighted by Gasteiger charge is -2.30. The summed E-state index contributed by atoms with van der Waals surface area (Å²) in [5, 5.41) is 5.80. The lowest BCUT2D eigenvalue weighted by atomic mass is 9.89. The Labute approximate surface area is 124 Å². The van der Waals surface area contributed by atoms with E-state index < -0.39 is 0 Å². The van der Waals surface area contributed by atoms with Gasteiger partial charge in [-0.15, -0.1) is 11.3 Å². The number of imidazole rings is 1. The van der Waals surface area contributed by atoms with Crippen molar-refractivity contribution in [2.75, 3.05) is 19.8 Å². The summed E-state index contributed by atoms with van der Waals surface area (Å²) >= 11 is 1.70. The molecule has 1 N–H and O–H groups in total. The van der Waals surface area contributed by atoms with Gasteiger partial charge in [-0.2, -0.15) is 0 Å². The van der Waals surface area contributed by atoms with Crippen LogP contribution in [0.3, 0.4) is 0 Å². The highest BCUT2D eigenvalue weighted by molar-refractivity contribution is 7.15. The van der Waals surface area contributed by atoms with Gasteiger partial charge in [-0.1, -0.05) is 6.92 Å². The Kier molecular flexibility index (Phi) is 4.70. The lowest BCUT2D eigenvalue weighted by Crippen LogP contribution is -2.41. The fourth-order valence-corrected chi connectivity index (χ4v) is 3.67. The first-order chi connectivity index (χ1) is 9.86. The third kappa shape index (κ3) is 3.22. The Morgan fingerprint density at radius 3 is 3.10 bits per heavy atom. The summed E-state index contributed by atoms with van der Waals surface area (Å²) in [5.41, 5.74) is 1.21. The van der Waals surface area contributed by atoms with E-state index in [1.165, 1.54) is 25.0 Å². The molecule has 0 aliphatic carbocycles. The van der Waals surface area contributed by atoms with Crippen molar-refractivity contribution in [3.63, 3.8) is 0 Å². The topological polar surface area (TPSA) is 38.6 Å². The Bertz CT molecular complexity index is 501. The van der Waals surface area contributed by atoms with E-state index in [-0.39, 0.29) is 0 Å². The lowest BCUT2D eigenvalue weighted by molar-refractivity contribution is 0.0536. The predicted molar refractivity (Wildman–Crippen MR) is 82.4 cm³/mol. The van der Waals surface area contributed by atoms with Crippen LogP contribution in [0.1, 0.15) is 31.9 Å². The molecule has 110 valence electrons. The molecule has 0 bridgehead atoms. The standard InChI is InChI=1S/C15H23N3OS/c1-2-5-16-14(12-3-7-19-8-4-12)10-13-11-18-6-9-20-15(18)17-13/h6,9,11-12,14,16H,2-5,7-8,10H2,1H3. The summed E-state index contributed by atoms with van der Waals surface area (Å²) in [6.07, 6.45) is 8.80. The van der Waals surface area contributed by atoms with Gasteiger partial charge in [0.2, 0.25) is 0 Å². The number of aromatic nitrogens is 2. The van der Waals surface area contributed by atoms with Crippen molar-refractivity contribution < 1.29 is 4.74 Å². The quantitative estimate of drug-likeness (QED) is 0.890. The maximum absolute atomic E-state index is 5.49. The van der Waals surface area contributed by atoms with Gasteiger partial charge in [0, 0.05) is 43.5 Å². The molecule has 1 saturated heterocycles. The second-order valence-electron chi connectivity index (χ2n) is 5.54. The van der Waals surface area contributed by atoms with Crippen LogP contribution in [0.15, 0.2) is 17.8 Å². The molecule has 1 fully saturated rings. The summed E-state index contributed by atoms with van der Waals surface area (Å²) in [5.74, 6) is 0.718. The van der Waals surface area contributed by atoms with Gasteiger partial charge in [-0.05, 0) is 31.7 Å². The van der Waals surface area contributed by atoms with Gasteiger partial charge in [-0.25, -0.2) is 4.98 Å². The van der Waals surface area contributed by atoms with Crippen molar-refractivity contribution in [3.8, 4) is 0 Å². The Morgan fingerprint density at radius 2 is 2.35 bits per heavy atom. The zero-order chi connectivity index (χ0) is 13.8. The van der Waals surface area contributed by atoms with Crippen molar-refractivity contribution in [1.82, 2.24) is 14.7 Å². The highest BCUT2D eigenvalue weighted by atomic mass is 32.1. The number of hydrogen-bond donors (Lipinski definition) is 1. The fourth-order valence-electron chi connectivity index (χ4n) is 2.95. The number of fused-ring (bicyclic) bond motifs is 1. The zero-order valence-electron chi connectivity index (χ0n) is 12.0. The van der Waals surface area contributed by atoms with Crippen molar-refractivity contribution in [2.24, 2.45) is 5.92 Å². The van der Waals surface area contributed by atoms with Crippen LogP contribution in [-0.2, 0) is 11.2 Å². The number of thiazole rings is 1. The van der Waals surface area contributed by atoms with Crippen LogP contribution in [0.5, 0.6) is 0 Å². The van der Waals surface area contributed by atoms with Crippen LogP contribution in [0.2, 0.25) is 0 Å². The molecule has 2 aromatic rings. The largest absolute Gasteiger partial charge is 0.381 e. The highest BCUT2D eigenvalue weighted by Crippen LogP contribution is 2.22. The molecule has 0 saturated carbocycles. The van der Waals surface area contributed by atoms with Crippen LogP contribution in [0.25, 0.3) is 4.96 Å². The van der Waals surface area contributed by atoms with Crippen LogP contribution in [-0.4, -0.2) is 35.2 Å². The molecule has 0 spiro atoms. The molecule has 1 aliphatic rings. The van der Waals surface area contributed by atoms with Gasteiger partial charge >= 0.3 is 0 Å². The molecule has 0 amide bonds. The van der Waals surface area contributed by atoms with E-state index in [9.17, 15) is 0 Å². The van der Waals surface area contributed by atoms with Gasteiger partial charge in [0.1, 0.15) is 0 Å². The minimum atomic E-state index is 0.531. The molecule has 1 atom stereocenters. The summed E-state index contributed by atoms with van der Waals surface area (Å²) in [6, 6.07) is 0.531. The number of nitrogens with one attached hydrogen (secondary N) is 1. The molecule has 4 nitrogen and oxygen atoms in total. The Hall–Kier alpha value is -0.910. The van der Waals surface area contributed by atoms with Crippen LogP contribution in [0.4, 0.5) is 0 Å². The second kappa shape index (κ2) is 6.70. The average Bonchev–Trinajstić information content (AvgIpc) is 3.05. The summed E-state index contributed by atoms with van der Waals surface area (Å²) in [4.78, 5) is 5.82. The van der Waals surface area contributed by atoms with E-state index in [4.69, 9.17) is 9.72 Å². The van der Waals surface area contributed by atoms with Crippen LogP contribution < -0.4 is 5.32 Å². The summed E-state index contributed by atoms with van der Waals surface area (Å²) in [6.45, 7) is 5.13. The molecule has 0 radical (unpaired) electrons. The number of nitrogens with zero attached hydrogens (tertiary/aromatic N) is 2. The van der Waals surface area contributed by atoms with E-state index in [0.717, 1.165) is 37.1 Å². The van der Waals surface area contributed by atoms with Gasteiger partial charge < -0.3 is 10.1 Å². The van der Waals surface area contributed by atoms with Gasteiger partial charge in [0.05, 0.1) is 5.69 Å². The van der Waals surface area contributed by atoms with E-state index in [0.29, 0.717) is 6.04 Å². The van der Waals surface area contributed by atoms with Crippen molar-refractivity contribution >= 4 is 16.3 Å². The molecule has 1 unspecified atom stereocenters. The average molecular weight is 293 g/mol. The third-order valence-electron chi connectivity index (χ3n) is 4.06. The summed E-state index contributed by atoms with van der Waals surface area (Å²) < 4.78 is 7.62. The first-order valence-electron chi connectivity index (χ1n) is 7.59. The molecule has 2 aromatic heterocycles. The predicted octanol–water partition coefficient (Wildman–Crippen LogP) is 2.73. The van der Waals surface area contributed by atoms with Crippen molar-refractivity contribution in [1.29, 1.82) is 0 Å². The van der Waals surface area contributed by atoms with E-state index in [1.807, 2.05) is 0 Å². The van der Waals surface area contributed by atoms with Gasteiger partial charge in [0.15, 0.2) is 4.96 Å². The fraction of sp³-hybridized carbons (Fsp3) is 0.667. The molecular weight excluding hydrogens is 270 g/mol. The zero-order valence-corrected chi connectivity index (χ0v) is 12.9. The van der Waals surface area contributed by atoms with E-state index >= 15 is 0 Å². The molecule has 5 heteroatoms. The Morgan fingerprint density at radius 1 is 1.50 bits per heavy atom. The molecule has 20 heavy (non-hydrogen) atoms. The highest BCUT2D eigenvalue weighted by Gasteiger charge is 2.24. The smallest absolute Gasteiger partial charge is 0.193 e. The minimum absolute atomic E-state index is 0.531. The SMILES string of the molecule is CCCNC(Cc1cn2ccsc2n1)C1CCOCC1. The van der Waals surface area contributed by atoms with E-state index in [2.05, 4.69) is 34.4 Å². The van der Waals surface area contributed by atoms with Gasteiger partial charge in [0.25, 0.3) is 0 Å². The van der Waals surface area contributed by atoms with Crippen molar-refractivity contribution in [2.45, 2.75) is 38.6 Å². The molecule has 3 heterocycles. The molecule has 3 rings (SSSR count). The third-order valence-corrected chi connectivity index (χ3v) is 4.83. The van der Waals surface area contributed by atoms with Gasteiger partial charge in [-0.3, -0.25) is 4.40 Å². The monoisotopic (exact) mass is 293 g/mol. The minimum Gasteiger partial charge on any atom is -0.381 e. The first kappa shape index (κ1) is 14.0. The first-order valence-corrected chi connectivity index (χ1v) is 8.47. The Balaban J connectivity index is 1.69. The normalized spacial score (nSPS) is 18.6. The molecule has 0 aromatic carbocycles. The summed E-state index contributed by atoms with van der Waals surface area (Å²) in [7, 11) is 0. The van der Waals surface area contributed by atoms with Crippen LogP contribution >= 0.6 is 11.3 Å². The maximum Gasteiger partial charge on any atom is 0.193 e. The molecule has 1 aliphatic heterocycles. The van der Waals surface area contributed by atoms with Crippen molar-refractivity contribution in [3.05, 3.63) is 23.5 Å². The number of hydrogen-bond acceptors (Lipinski definition) is 4. The van der Waals surface area contributed by atoms with E-state index in [1.54, 1.807) is 11.3 Å². The number of rotatable bonds is 6. The maximum atomic E-state index is 5.49. The second-order valence-corrected chi connectivity index (χ2v) is 6.41. The molecular formula is C15H23N3OS. The van der Waals surface area contributed by atoms with Crippen LogP contribution in [0, 0.1) is 5.92 Å². The number of ether oxygens (including phenoxy) is 1.